The number of rotatable bonds is 5. The van der Waals surface area contributed by atoms with Crippen LogP contribution in [0, 0.1) is 5.92 Å². The van der Waals surface area contributed by atoms with Gasteiger partial charge in [-0.3, -0.25) is 0 Å². The first kappa shape index (κ1) is 11.7. The van der Waals surface area contributed by atoms with Crippen molar-refractivity contribution in [3.8, 4) is 11.5 Å². The standard InChI is InChI=1S/C11H16O4S/c1-12-2-3-13-4-9-5-14-10-7-16-8-11(10)15-6-9/h7-9H,2-6H2,1H3. The summed E-state index contributed by atoms with van der Waals surface area (Å²) in [4.78, 5) is 0. The zero-order valence-corrected chi connectivity index (χ0v) is 10.1. The fraction of sp³-hybridized carbons (Fsp3) is 0.636. The summed E-state index contributed by atoms with van der Waals surface area (Å²) in [5.41, 5.74) is 0. The molecule has 0 saturated heterocycles. The highest BCUT2D eigenvalue weighted by atomic mass is 32.1. The highest BCUT2D eigenvalue weighted by molar-refractivity contribution is 7.08. The molecule has 0 unspecified atom stereocenters. The van der Waals surface area contributed by atoms with E-state index < -0.39 is 0 Å². The summed E-state index contributed by atoms with van der Waals surface area (Å²) >= 11 is 1.59. The predicted molar refractivity (Wildman–Crippen MR) is 61.5 cm³/mol. The average molecular weight is 244 g/mol. The van der Waals surface area contributed by atoms with E-state index in [0.717, 1.165) is 11.5 Å². The minimum atomic E-state index is 0.286. The lowest BCUT2D eigenvalue weighted by Gasteiger charge is -2.13. The van der Waals surface area contributed by atoms with Gasteiger partial charge in [-0.25, -0.2) is 0 Å². The van der Waals surface area contributed by atoms with Gasteiger partial charge in [0.05, 0.1) is 39.0 Å². The molecule has 0 radical (unpaired) electrons. The molecular formula is C11H16O4S. The van der Waals surface area contributed by atoms with Crippen LogP contribution in [-0.2, 0) is 9.47 Å². The monoisotopic (exact) mass is 244 g/mol. The molecule has 4 nitrogen and oxygen atoms in total. The molecule has 90 valence electrons. The van der Waals surface area contributed by atoms with E-state index >= 15 is 0 Å². The van der Waals surface area contributed by atoms with Crippen molar-refractivity contribution in [1.29, 1.82) is 0 Å². The molecule has 0 N–H and O–H groups in total. The number of thiophene rings is 1. The highest BCUT2D eigenvalue weighted by Gasteiger charge is 2.18. The van der Waals surface area contributed by atoms with Gasteiger partial charge < -0.3 is 18.9 Å². The summed E-state index contributed by atoms with van der Waals surface area (Å²) in [7, 11) is 1.67. The van der Waals surface area contributed by atoms with Gasteiger partial charge in [0.1, 0.15) is 0 Å². The molecule has 0 amide bonds. The van der Waals surface area contributed by atoms with E-state index in [0.29, 0.717) is 33.0 Å². The first-order valence-corrected chi connectivity index (χ1v) is 6.23. The molecule has 1 aliphatic heterocycles. The molecule has 0 aromatic carbocycles. The third-order valence-electron chi connectivity index (χ3n) is 2.33. The van der Waals surface area contributed by atoms with E-state index in [2.05, 4.69) is 0 Å². The van der Waals surface area contributed by atoms with Crippen LogP contribution in [0.1, 0.15) is 0 Å². The second-order valence-electron chi connectivity index (χ2n) is 3.66. The third kappa shape index (κ3) is 3.10. The largest absolute Gasteiger partial charge is 0.488 e. The van der Waals surface area contributed by atoms with Gasteiger partial charge in [0.15, 0.2) is 11.5 Å². The lowest BCUT2D eigenvalue weighted by molar-refractivity contribution is 0.0331. The molecule has 0 bridgehead atoms. The molecule has 16 heavy (non-hydrogen) atoms. The Hall–Kier alpha value is -0.780. The number of hydrogen-bond donors (Lipinski definition) is 0. The van der Waals surface area contributed by atoms with E-state index in [1.165, 1.54) is 0 Å². The van der Waals surface area contributed by atoms with Crippen LogP contribution >= 0.6 is 11.3 Å². The molecule has 2 heterocycles. The minimum absolute atomic E-state index is 0.286. The van der Waals surface area contributed by atoms with Crippen LogP contribution in [-0.4, -0.2) is 40.1 Å². The van der Waals surface area contributed by atoms with Gasteiger partial charge in [-0.05, 0) is 0 Å². The van der Waals surface area contributed by atoms with Gasteiger partial charge in [0, 0.05) is 17.9 Å². The molecule has 2 rings (SSSR count). The molecule has 0 spiro atoms. The van der Waals surface area contributed by atoms with E-state index in [4.69, 9.17) is 18.9 Å². The van der Waals surface area contributed by atoms with Crippen molar-refractivity contribution in [2.24, 2.45) is 5.92 Å². The number of hydrogen-bond acceptors (Lipinski definition) is 5. The van der Waals surface area contributed by atoms with Crippen molar-refractivity contribution >= 4 is 11.3 Å². The Morgan fingerprint density at radius 1 is 1.25 bits per heavy atom. The lowest BCUT2D eigenvalue weighted by Crippen LogP contribution is -2.23. The minimum Gasteiger partial charge on any atom is -0.488 e. The van der Waals surface area contributed by atoms with E-state index in [-0.39, 0.29) is 5.92 Å². The third-order valence-corrected chi connectivity index (χ3v) is 3.03. The molecule has 0 atom stereocenters. The Kier molecular flexibility index (Phi) is 4.44. The molecular weight excluding hydrogens is 228 g/mol. The Morgan fingerprint density at radius 2 is 1.94 bits per heavy atom. The second kappa shape index (κ2) is 6.08. The molecule has 0 fully saturated rings. The zero-order chi connectivity index (χ0) is 11.2. The molecule has 5 heteroatoms. The van der Waals surface area contributed by atoms with E-state index in [1.54, 1.807) is 18.4 Å². The Labute approximate surface area is 99.1 Å². The van der Waals surface area contributed by atoms with Gasteiger partial charge in [-0.2, -0.15) is 0 Å². The van der Waals surface area contributed by atoms with Crippen molar-refractivity contribution in [2.75, 3.05) is 40.1 Å². The van der Waals surface area contributed by atoms with Crippen LogP contribution in [0.3, 0.4) is 0 Å². The molecule has 0 saturated carbocycles. The van der Waals surface area contributed by atoms with Crippen LogP contribution in [0.2, 0.25) is 0 Å². The zero-order valence-electron chi connectivity index (χ0n) is 9.31. The maximum atomic E-state index is 5.63. The van der Waals surface area contributed by atoms with Crippen LogP contribution in [0.15, 0.2) is 10.8 Å². The van der Waals surface area contributed by atoms with E-state index in [1.807, 2.05) is 10.8 Å². The van der Waals surface area contributed by atoms with E-state index in [9.17, 15) is 0 Å². The van der Waals surface area contributed by atoms with Crippen LogP contribution in [0.4, 0.5) is 0 Å². The maximum Gasteiger partial charge on any atom is 0.171 e. The van der Waals surface area contributed by atoms with Crippen molar-refractivity contribution in [3.63, 3.8) is 0 Å². The fourth-order valence-electron chi connectivity index (χ4n) is 1.44. The van der Waals surface area contributed by atoms with Crippen molar-refractivity contribution in [3.05, 3.63) is 10.8 Å². The Morgan fingerprint density at radius 3 is 2.56 bits per heavy atom. The second-order valence-corrected chi connectivity index (χ2v) is 4.40. The first-order valence-electron chi connectivity index (χ1n) is 5.28. The first-order chi connectivity index (χ1) is 7.90. The van der Waals surface area contributed by atoms with Crippen LogP contribution in [0.25, 0.3) is 0 Å². The summed E-state index contributed by atoms with van der Waals surface area (Å²) in [5.74, 6) is 1.99. The van der Waals surface area contributed by atoms with Gasteiger partial charge in [-0.15, -0.1) is 11.3 Å². The Balaban J connectivity index is 1.72. The molecule has 0 aliphatic carbocycles. The van der Waals surface area contributed by atoms with Gasteiger partial charge in [0.2, 0.25) is 0 Å². The van der Waals surface area contributed by atoms with Crippen LogP contribution < -0.4 is 9.47 Å². The summed E-state index contributed by atoms with van der Waals surface area (Å²) in [6.45, 7) is 3.19. The van der Waals surface area contributed by atoms with Crippen LogP contribution in [0.5, 0.6) is 11.5 Å². The quantitative estimate of drug-likeness (QED) is 0.740. The van der Waals surface area contributed by atoms with Gasteiger partial charge in [0.25, 0.3) is 0 Å². The summed E-state index contributed by atoms with van der Waals surface area (Å²) in [6, 6.07) is 0. The van der Waals surface area contributed by atoms with Gasteiger partial charge >= 0.3 is 0 Å². The molecule has 1 aromatic heterocycles. The normalized spacial score (nSPS) is 16.1. The highest BCUT2D eigenvalue weighted by Crippen LogP contribution is 2.33. The smallest absolute Gasteiger partial charge is 0.171 e. The lowest BCUT2D eigenvalue weighted by atomic mass is 10.2. The van der Waals surface area contributed by atoms with Crippen molar-refractivity contribution < 1.29 is 18.9 Å². The molecule has 1 aliphatic rings. The topological polar surface area (TPSA) is 36.9 Å². The number of ether oxygens (including phenoxy) is 4. The molecule has 1 aromatic rings. The SMILES string of the molecule is COCCOCC1COc2cscc2OC1. The number of methoxy groups -OCH3 is 1. The summed E-state index contributed by atoms with van der Waals surface area (Å²) < 4.78 is 21.6. The Bertz CT molecular complexity index is 290. The summed E-state index contributed by atoms with van der Waals surface area (Å²) in [5, 5.41) is 3.92. The number of fused-ring (bicyclic) bond motifs is 1. The predicted octanol–water partition coefficient (Wildman–Crippen LogP) is 1.80. The van der Waals surface area contributed by atoms with Crippen molar-refractivity contribution in [1.82, 2.24) is 0 Å². The van der Waals surface area contributed by atoms with Gasteiger partial charge in [-0.1, -0.05) is 0 Å². The maximum absolute atomic E-state index is 5.63. The fourth-order valence-corrected chi connectivity index (χ4v) is 2.12. The van der Waals surface area contributed by atoms with Crippen molar-refractivity contribution in [2.45, 2.75) is 0 Å². The summed E-state index contributed by atoms with van der Waals surface area (Å²) in [6.07, 6.45) is 0. The average Bonchev–Trinajstić information content (AvgIpc) is 2.67.